The minimum atomic E-state index is -0.617. The van der Waals surface area contributed by atoms with Crippen LogP contribution in [0.15, 0.2) is 0 Å². The molecule has 0 radical (unpaired) electrons. The van der Waals surface area contributed by atoms with Gasteiger partial charge in [0, 0.05) is 19.6 Å². The molecule has 2 rings (SSSR count). The number of nitrogens with one attached hydrogen (secondary N) is 1. The van der Waals surface area contributed by atoms with Crippen molar-refractivity contribution >= 4 is 5.91 Å². The molecular weight excluding hydrogens is 252 g/mol. The molecule has 1 amide bonds. The molecule has 2 aliphatic rings. The van der Waals surface area contributed by atoms with Gasteiger partial charge in [-0.3, -0.25) is 4.79 Å². The average Bonchev–Trinajstić information content (AvgIpc) is 2.45. The zero-order valence-electron chi connectivity index (χ0n) is 13.0. The number of amides is 1. The second-order valence-electron chi connectivity index (χ2n) is 6.91. The minimum absolute atomic E-state index is 0.186. The van der Waals surface area contributed by atoms with Crippen LogP contribution in [0.4, 0.5) is 0 Å². The van der Waals surface area contributed by atoms with Gasteiger partial charge in [-0.25, -0.2) is 0 Å². The number of piperidine rings is 1. The van der Waals surface area contributed by atoms with Crippen LogP contribution in [0.2, 0.25) is 0 Å². The molecule has 2 N–H and O–H groups in total. The van der Waals surface area contributed by atoms with Crippen LogP contribution in [0.25, 0.3) is 0 Å². The first-order chi connectivity index (χ1) is 9.50. The van der Waals surface area contributed by atoms with E-state index in [-0.39, 0.29) is 11.9 Å². The lowest BCUT2D eigenvalue weighted by molar-refractivity contribution is -0.134. The van der Waals surface area contributed by atoms with Crippen molar-refractivity contribution in [3.05, 3.63) is 0 Å². The van der Waals surface area contributed by atoms with Gasteiger partial charge in [-0.1, -0.05) is 19.8 Å². The Bertz CT molecular complexity index is 328. The van der Waals surface area contributed by atoms with Gasteiger partial charge in [-0.2, -0.15) is 0 Å². The summed E-state index contributed by atoms with van der Waals surface area (Å²) in [4.78, 5) is 14.3. The Kier molecular flexibility index (Phi) is 5.44. The highest BCUT2D eigenvalue weighted by atomic mass is 16.3. The molecule has 4 nitrogen and oxygen atoms in total. The van der Waals surface area contributed by atoms with Crippen LogP contribution in [0.5, 0.6) is 0 Å². The Morgan fingerprint density at radius 1 is 1.35 bits per heavy atom. The maximum absolute atomic E-state index is 12.3. The Morgan fingerprint density at radius 3 is 2.70 bits per heavy atom. The van der Waals surface area contributed by atoms with Crippen LogP contribution in [0.3, 0.4) is 0 Å². The van der Waals surface area contributed by atoms with E-state index in [1.165, 1.54) is 12.8 Å². The van der Waals surface area contributed by atoms with Crippen LogP contribution in [0.1, 0.15) is 58.8 Å². The van der Waals surface area contributed by atoms with Gasteiger partial charge in [0.15, 0.2) is 0 Å². The van der Waals surface area contributed by atoms with Gasteiger partial charge < -0.3 is 15.3 Å². The first-order valence-corrected chi connectivity index (χ1v) is 8.25. The van der Waals surface area contributed by atoms with E-state index >= 15 is 0 Å². The van der Waals surface area contributed by atoms with Gasteiger partial charge >= 0.3 is 0 Å². The van der Waals surface area contributed by atoms with Crippen LogP contribution in [-0.4, -0.2) is 47.2 Å². The molecule has 1 saturated carbocycles. The van der Waals surface area contributed by atoms with E-state index in [1.54, 1.807) is 0 Å². The molecule has 116 valence electrons. The zero-order chi connectivity index (χ0) is 14.6. The summed E-state index contributed by atoms with van der Waals surface area (Å²) < 4.78 is 0. The third kappa shape index (κ3) is 4.19. The lowest BCUT2D eigenvalue weighted by Gasteiger charge is -2.37. The maximum Gasteiger partial charge on any atom is 0.239 e. The van der Waals surface area contributed by atoms with Gasteiger partial charge in [0.2, 0.25) is 5.91 Å². The molecule has 1 heterocycles. The van der Waals surface area contributed by atoms with Crippen molar-refractivity contribution in [1.29, 1.82) is 0 Å². The fourth-order valence-corrected chi connectivity index (χ4v) is 3.61. The molecule has 0 aromatic carbocycles. The van der Waals surface area contributed by atoms with Gasteiger partial charge in [0.25, 0.3) is 0 Å². The van der Waals surface area contributed by atoms with Crippen molar-refractivity contribution in [3.63, 3.8) is 0 Å². The Balaban J connectivity index is 1.78. The molecule has 3 atom stereocenters. The maximum atomic E-state index is 12.3. The predicted molar refractivity (Wildman–Crippen MR) is 80.5 cm³/mol. The van der Waals surface area contributed by atoms with Gasteiger partial charge in [0.1, 0.15) is 0 Å². The normalized spacial score (nSPS) is 33.0. The van der Waals surface area contributed by atoms with E-state index in [0.29, 0.717) is 12.5 Å². The summed E-state index contributed by atoms with van der Waals surface area (Å²) in [5.74, 6) is 0.779. The third-order valence-electron chi connectivity index (χ3n) is 4.84. The summed E-state index contributed by atoms with van der Waals surface area (Å²) in [6.07, 6.45) is 7.50. The molecule has 0 aromatic heterocycles. The van der Waals surface area contributed by atoms with Crippen LogP contribution in [-0.2, 0) is 4.79 Å². The fourth-order valence-electron chi connectivity index (χ4n) is 3.61. The number of rotatable bonds is 4. The van der Waals surface area contributed by atoms with Gasteiger partial charge in [-0.05, 0) is 44.9 Å². The fraction of sp³-hybridized carbons (Fsp3) is 0.938. The quantitative estimate of drug-likeness (QED) is 0.828. The van der Waals surface area contributed by atoms with Crippen molar-refractivity contribution < 1.29 is 9.90 Å². The lowest BCUT2D eigenvalue weighted by atomic mass is 9.79. The van der Waals surface area contributed by atoms with Crippen molar-refractivity contribution in [3.8, 4) is 0 Å². The highest BCUT2D eigenvalue weighted by Gasteiger charge is 2.33. The SMILES string of the molecule is CC1CCCC(O)(CNC(C)C(=O)N2CCCCC2)C1. The number of nitrogens with zero attached hydrogens (tertiary/aromatic N) is 1. The molecule has 3 unspecified atom stereocenters. The van der Waals surface area contributed by atoms with E-state index in [2.05, 4.69) is 12.2 Å². The van der Waals surface area contributed by atoms with E-state index in [4.69, 9.17) is 0 Å². The van der Waals surface area contributed by atoms with Crippen LogP contribution >= 0.6 is 0 Å². The molecule has 1 aliphatic carbocycles. The summed E-state index contributed by atoms with van der Waals surface area (Å²) >= 11 is 0. The average molecular weight is 282 g/mol. The first-order valence-electron chi connectivity index (χ1n) is 8.25. The molecule has 1 saturated heterocycles. The zero-order valence-corrected chi connectivity index (χ0v) is 13.0. The van der Waals surface area contributed by atoms with Gasteiger partial charge in [0.05, 0.1) is 11.6 Å². The Hall–Kier alpha value is -0.610. The monoisotopic (exact) mass is 282 g/mol. The second kappa shape index (κ2) is 6.90. The van der Waals surface area contributed by atoms with E-state index in [0.717, 1.165) is 45.2 Å². The Morgan fingerprint density at radius 2 is 2.05 bits per heavy atom. The van der Waals surface area contributed by atoms with E-state index < -0.39 is 5.60 Å². The number of hydrogen-bond acceptors (Lipinski definition) is 3. The number of carbonyl (C=O) groups is 1. The number of aliphatic hydroxyl groups is 1. The van der Waals surface area contributed by atoms with Crippen LogP contribution in [0, 0.1) is 5.92 Å². The predicted octanol–water partition coefficient (Wildman–Crippen LogP) is 1.92. The van der Waals surface area contributed by atoms with E-state index in [1.807, 2.05) is 11.8 Å². The molecule has 4 heteroatoms. The number of likely N-dealkylation sites (tertiary alicyclic amines) is 1. The summed E-state index contributed by atoms with van der Waals surface area (Å²) in [5, 5.41) is 13.9. The summed E-state index contributed by atoms with van der Waals surface area (Å²) in [5.41, 5.74) is -0.617. The minimum Gasteiger partial charge on any atom is -0.389 e. The van der Waals surface area contributed by atoms with Crippen LogP contribution < -0.4 is 5.32 Å². The molecular formula is C16H30N2O2. The third-order valence-corrected chi connectivity index (χ3v) is 4.84. The van der Waals surface area contributed by atoms with E-state index in [9.17, 15) is 9.90 Å². The smallest absolute Gasteiger partial charge is 0.239 e. The summed E-state index contributed by atoms with van der Waals surface area (Å²) in [6, 6.07) is -0.186. The molecule has 0 aromatic rings. The molecule has 2 fully saturated rings. The second-order valence-corrected chi connectivity index (χ2v) is 6.91. The lowest BCUT2D eigenvalue weighted by Crippen LogP contribution is -2.52. The van der Waals surface area contributed by atoms with Crippen molar-refractivity contribution in [2.45, 2.75) is 70.4 Å². The van der Waals surface area contributed by atoms with Gasteiger partial charge in [-0.15, -0.1) is 0 Å². The van der Waals surface area contributed by atoms with Crippen molar-refractivity contribution in [2.24, 2.45) is 5.92 Å². The highest BCUT2D eigenvalue weighted by Crippen LogP contribution is 2.31. The number of hydrogen-bond donors (Lipinski definition) is 2. The first kappa shape index (κ1) is 15.8. The van der Waals surface area contributed by atoms with Crippen molar-refractivity contribution in [2.75, 3.05) is 19.6 Å². The Labute approximate surface area is 122 Å². The molecule has 20 heavy (non-hydrogen) atoms. The molecule has 0 bridgehead atoms. The largest absolute Gasteiger partial charge is 0.389 e. The highest BCUT2D eigenvalue weighted by molar-refractivity contribution is 5.81. The molecule has 1 aliphatic heterocycles. The topological polar surface area (TPSA) is 52.6 Å². The summed E-state index contributed by atoms with van der Waals surface area (Å²) in [7, 11) is 0. The molecule has 0 spiro atoms. The van der Waals surface area contributed by atoms with Crippen molar-refractivity contribution in [1.82, 2.24) is 10.2 Å². The standard InChI is InChI=1S/C16H30N2O2/c1-13-7-6-8-16(20,11-13)12-17-14(2)15(19)18-9-4-3-5-10-18/h13-14,17,20H,3-12H2,1-2H3. The number of carbonyl (C=O) groups excluding carboxylic acids is 1. The summed E-state index contributed by atoms with van der Waals surface area (Å²) in [6.45, 7) is 6.45.